The van der Waals surface area contributed by atoms with Gasteiger partial charge in [0.25, 0.3) is 0 Å². The summed E-state index contributed by atoms with van der Waals surface area (Å²) in [5.41, 5.74) is 22.6. The molecule has 0 bridgehead atoms. The maximum atomic E-state index is 2.61. The second-order valence-electron chi connectivity index (χ2n) is 21.9. The summed E-state index contributed by atoms with van der Waals surface area (Å²) < 4.78 is 0. The van der Waals surface area contributed by atoms with Gasteiger partial charge in [0.1, 0.15) is 0 Å². The lowest BCUT2D eigenvalue weighted by molar-refractivity contribution is 0.398. The van der Waals surface area contributed by atoms with Crippen LogP contribution in [-0.4, -0.2) is 0 Å². The van der Waals surface area contributed by atoms with Crippen molar-refractivity contribution in [2.24, 2.45) is 0 Å². The quantitative estimate of drug-likeness (QED) is 0.0557. The molecule has 10 aromatic rings. The summed E-state index contributed by atoms with van der Waals surface area (Å²) >= 11 is 0. The van der Waals surface area contributed by atoms with E-state index in [2.05, 4.69) is 278 Å². The van der Waals surface area contributed by atoms with Crippen molar-refractivity contribution in [3.63, 3.8) is 0 Å². The highest BCUT2D eigenvalue weighted by atomic mass is 15.1. The van der Waals surface area contributed by atoms with Crippen LogP contribution in [-0.2, 0) is 5.41 Å². The first-order chi connectivity index (χ1) is 39.1. The highest BCUT2D eigenvalue weighted by molar-refractivity contribution is 5.88. The molecule has 0 atom stereocenters. The highest BCUT2D eigenvalue weighted by Crippen LogP contribution is 2.56. The van der Waals surface area contributed by atoms with Crippen molar-refractivity contribution in [3.8, 4) is 55.6 Å². The molecule has 11 rings (SSSR count). The fraction of sp³-hybridized carbons (Fsp3) is 0.221. The normalized spacial score (nSPS) is 12.2. The molecule has 394 valence electrons. The molecule has 2 nitrogen and oxygen atoms in total. The van der Waals surface area contributed by atoms with Crippen LogP contribution in [0.4, 0.5) is 34.1 Å². The van der Waals surface area contributed by atoms with Gasteiger partial charge in [0, 0.05) is 39.5 Å². The van der Waals surface area contributed by atoms with E-state index in [0.717, 1.165) is 34.1 Å². The molecule has 0 saturated carbocycles. The molecule has 0 fully saturated rings. The largest absolute Gasteiger partial charge is 0.311 e. The second-order valence-corrected chi connectivity index (χ2v) is 21.9. The standard InChI is InChI=1S/C77H76N2/c1-3-5-7-9-11-25-55-77(56-26-12-10-8-6-4-2)75-57-65(63-39-49-71(50-40-63)78(67-31-21-15-22-32-67)69-45-35-61(36-46-69)59-27-17-13-18-28-59)43-53-73(75)74-54-44-66(58-76(74)77)64-41-51-72(52-42-64)79(68-33-23-16-24-34-68)70-47-37-62(38-48-70)60-29-19-14-20-30-60/h13-24,27-54,57-58H,3-12,25-26,55-56H2,1-2H3. The number of benzene rings is 10. The summed E-state index contributed by atoms with van der Waals surface area (Å²) in [6.45, 7) is 4.65. The van der Waals surface area contributed by atoms with Gasteiger partial charge in [-0.05, 0) is 165 Å². The van der Waals surface area contributed by atoms with Gasteiger partial charge in [-0.2, -0.15) is 0 Å². The maximum Gasteiger partial charge on any atom is 0.0462 e. The van der Waals surface area contributed by atoms with E-state index in [4.69, 9.17) is 0 Å². The minimum absolute atomic E-state index is 0.0713. The SMILES string of the molecule is CCCCCCCCC1(CCCCCCCC)c2cc(-c3ccc(N(c4ccccc4)c4ccc(-c5ccccc5)cc4)cc3)ccc2-c2ccc(-c3ccc(N(c4ccccc4)c4ccc(-c5ccccc5)cc4)cc3)cc21. The van der Waals surface area contributed by atoms with E-state index >= 15 is 0 Å². The van der Waals surface area contributed by atoms with Crippen molar-refractivity contribution in [1.29, 1.82) is 0 Å². The van der Waals surface area contributed by atoms with Gasteiger partial charge in [-0.3, -0.25) is 0 Å². The molecular weight excluding hydrogens is 953 g/mol. The van der Waals surface area contributed by atoms with E-state index in [9.17, 15) is 0 Å². The summed E-state index contributed by atoms with van der Waals surface area (Å²) in [5.74, 6) is 0. The van der Waals surface area contributed by atoms with Crippen LogP contribution >= 0.6 is 0 Å². The molecule has 0 radical (unpaired) electrons. The number of rotatable bonds is 24. The zero-order chi connectivity index (χ0) is 53.6. The lowest BCUT2D eigenvalue weighted by atomic mass is 9.70. The number of unbranched alkanes of at least 4 members (excludes halogenated alkanes) is 10. The van der Waals surface area contributed by atoms with E-state index in [-0.39, 0.29) is 5.41 Å². The van der Waals surface area contributed by atoms with Gasteiger partial charge in [0.15, 0.2) is 0 Å². The minimum atomic E-state index is -0.0713. The van der Waals surface area contributed by atoms with Crippen LogP contribution in [0.2, 0.25) is 0 Å². The second kappa shape index (κ2) is 25.5. The molecule has 1 aliphatic carbocycles. The Balaban J connectivity index is 0.937. The zero-order valence-electron chi connectivity index (χ0n) is 46.5. The molecule has 79 heavy (non-hydrogen) atoms. The molecule has 0 heterocycles. The Morgan fingerprint density at radius 2 is 0.494 bits per heavy atom. The molecule has 0 spiro atoms. The van der Waals surface area contributed by atoms with Gasteiger partial charge in [-0.25, -0.2) is 0 Å². The number of anilines is 6. The molecule has 2 heteroatoms. The number of hydrogen-bond acceptors (Lipinski definition) is 2. The summed E-state index contributed by atoms with van der Waals surface area (Å²) in [6.07, 6.45) is 17.9. The van der Waals surface area contributed by atoms with Crippen LogP contribution in [0.5, 0.6) is 0 Å². The van der Waals surface area contributed by atoms with Crippen LogP contribution < -0.4 is 9.80 Å². The maximum absolute atomic E-state index is 2.61. The van der Waals surface area contributed by atoms with E-state index in [1.807, 2.05) is 0 Å². The van der Waals surface area contributed by atoms with E-state index in [1.165, 1.54) is 157 Å². The van der Waals surface area contributed by atoms with Gasteiger partial charge in [-0.15, -0.1) is 0 Å². The Labute approximate surface area is 472 Å². The van der Waals surface area contributed by atoms with E-state index in [1.54, 1.807) is 0 Å². The molecule has 1 aliphatic rings. The Bertz CT molecular complexity index is 3240. The monoisotopic (exact) mass is 1030 g/mol. The van der Waals surface area contributed by atoms with E-state index in [0.29, 0.717) is 0 Å². The molecule has 0 aromatic heterocycles. The Morgan fingerprint density at radius 3 is 0.823 bits per heavy atom. The lowest BCUT2D eigenvalue weighted by Crippen LogP contribution is -2.25. The van der Waals surface area contributed by atoms with Gasteiger partial charge in [-0.1, -0.05) is 261 Å². The van der Waals surface area contributed by atoms with Crippen LogP contribution in [0.15, 0.2) is 255 Å². The van der Waals surface area contributed by atoms with E-state index < -0.39 is 0 Å². The lowest BCUT2D eigenvalue weighted by Gasteiger charge is -2.33. The number of fused-ring (bicyclic) bond motifs is 3. The molecular formula is C77H76N2. The summed E-state index contributed by atoms with van der Waals surface area (Å²) in [5, 5.41) is 0. The van der Waals surface area contributed by atoms with Crippen molar-refractivity contribution in [2.75, 3.05) is 9.80 Å². The first-order valence-corrected chi connectivity index (χ1v) is 29.6. The molecule has 0 N–H and O–H groups in total. The molecule has 0 amide bonds. The average Bonchev–Trinajstić information content (AvgIpc) is 3.98. The Morgan fingerprint density at radius 1 is 0.241 bits per heavy atom. The third-order valence-corrected chi connectivity index (χ3v) is 16.7. The smallest absolute Gasteiger partial charge is 0.0462 e. The fourth-order valence-electron chi connectivity index (χ4n) is 12.5. The topological polar surface area (TPSA) is 6.48 Å². The van der Waals surface area contributed by atoms with Gasteiger partial charge >= 0.3 is 0 Å². The van der Waals surface area contributed by atoms with Crippen molar-refractivity contribution in [2.45, 2.75) is 109 Å². The highest BCUT2D eigenvalue weighted by Gasteiger charge is 2.42. The first kappa shape index (κ1) is 52.8. The molecule has 10 aromatic carbocycles. The summed E-state index contributed by atoms with van der Waals surface area (Å²) in [7, 11) is 0. The zero-order valence-corrected chi connectivity index (χ0v) is 46.5. The third kappa shape index (κ3) is 12.0. The molecule has 0 unspecified atom stereocenters. The average molecular weight is 1030 g/mol. The number of nitrogens with zero attached hydrogens (tertiary/aromatic N) is 2. The van der Waals surface area contributed by atoms with Crippen LogP contribution in [0.25, 0.3) is 55.6 Å². The summed E-state index contributed by atoms with van der Waals surface area (Å²) in [4.78, 5) is 4.75. The minimum Gasteiger partial charge on any atom is -0.311 e. The molecule has 0 saturated heterocycles. The van der Waals surface area contributed by atoms with Gasteiger partial charge in [0.2, 0.25) is 0 Å². The predicted molar refractivity (Wildman–Crippen MR) is 340 cm³/mol. The number of hydrogen-bond donors (Lipinski definition) is 0. The third-order valence-electron chi connectivity index (χ3n) is 16.7. The van der Waals surface area contributed by atoms with Crippen molar-refractivity contribution >= 4 is 34.1 Å². The Kier molecular flexibility index (Phi) is 17.1. The number of para-hydroxylation sites is 2. The summed E-state index contributed by atoms with van der Waals surface area (Å²) in [6, 6.07) is 94.4. The Hall–Kier alpha value is -8.20. The van der Waals surface area contributed by atoms with Gasteiger partial charge < -0.3 is 9.80 Å². The van der Waals surface area contributed by atoms with Crippen LogP contribution in [0.1, 0.15) is 115 Å². The van der Waals surface area contributed by atoms with Crippen molar-refractivity contribution in [3.05, 3.63) is 266 Å². The van der Waals surface area contributed by atoms with Crippen LogP contribution in [0, 0.1) is 0 Å². The van der Waals surface area contributed by atoms with Gasteiger partial charge in [0.05, 0.1) is 0 Å². The molecule has 0 aliphatic heterocycles. The van der Waals surface area contributed by atoms with Crippen LogP contribution in [0.3, 0.4) is 0 Å². The van der Waals surface area contributed by atoms with Crippen molar-refractivity contribution in [1.82, 2.24) is 0 Å². The predicted octanol–water partition coefficient (Wildman–Crippen LogP) is 23.1. The fourth-order valence-corrected chi connectivity index (χ4v) is 12.5. The van der Waals surface area contributed by atoms with Crippen molar-refractivity contribution < 1.29 is 0 Å². The first-order valence-electron chi connectivity index (χ1n) is 29.6.